The number of rotatable bonds is 4. The third kappa shape index (κ3) is 3.58. The monoisotopic (exact) mass is 236 g/mol. The van der Waals surface area contributed by atoms with E-state index in [4.69, 9.17) is 0 Å². The molecule has 0 bridgehead atoms. The van der Waals surface area contributed by atoms with Gasteiger partial charge in [0, 0.05) is 11.5 Å². The van der Waals surface area contributed by atoms with Crippen LogP contribution in [-0.4, -0.2) is 18.9 Å². The van der Waals surface area contributed by atoms with Crippen LogP contribution in [0, 0.1) is 5.92 Å². The minimum Gasteiger partial charge on any atom is -0.432 e. The van der Waals surface area contributed by atoms with Gasteiger partial charge in [0.15, 0.2) is 14.1 Å². The van der Waals surface area contributed by atoms with E-state index < -0.39 is 8.32 Å². The van der Waals surface area contributed by atoms with E-state index in [0.29, 0.717) is 6.04 Å². The molecule has 2 nitrogen and oxygen atoms in total. The van der Waals surface area contributed by atoms with Crippen molar-refractivity contribution >= 4 is 14.1 Å². The molecule has 0 unspecified atom stereocenters. The summed E-state index contributed by atoms with van der Waals surface area (Å²) in [5.74, 6) is 0.165. The van der Waals surface area contributed by atoms with Crippen LogP contribution in [0.25, 0.3) is 0 Å². The van der Waals surface area contributed by atoms with Crippen molar-refractivity contribution in [2.24, 2.45) is 5.92 Å². The molecule has 1 rings (SSSR count). The van der Waals surface area contributed by atoms with Crippen molar-refractivity contribution in [3.8, 4) is 0 Å². The normalized spacial score (nSPS) is 11.9. The fourth-order valence-corrected chi connectivity index (χ4v) is 2.93. The third-order valence-corrected chi connectivity index (χ3v) is 3.68. The van der Waals surface area contributed by atoms with Crippen molar-refractivity contribution in [3.63, 3.8) is 0 Å². The second-order valence-electron chi connectivity index (χ2n) is 5.17. The van der Waals surface area contributed by atoms with Crippen LogP contribution < -0.4 is 0 Å². The summed E-state index contributed by atoms with van der Waals surface area (Å²) in [5.41, 5.74) is 1.76. The number of carbonyl (C=O) groups excluding carboxylic acids is 1. The molecule has 0 fully saturated rings. The summed E-state index contributed by atoms with van der Waals surface area (Å²) >= 11 is 0. The fraction of sp³-hybridized carbons (Fsp3) is 0.462. The summed E-state index contributed by atoms with van der Waals surface area (Å²) in [6.07, 6.45) is 0. The van der Waals surface area contributed by atoms with Crippen LogP contribution in [0.4, 0.5) is 0 Å². The topological polar surface area (TPSA) is 37.3 Å². The molecule has 0 aliphatic rings. The third-order valence-electron chi connectivity index (χ3n) is 2.43. The van der Waals surface area contributed by atoms with Gasteiger partial charge in [-0.05, 0) is 24.7 Å². The van der Waals surface area contributed by atoms with Gasteiger partial charge in [-0.25, -0.2) is 0 Å². The predicted molar refractivity (Wildman–Crippen MR) is 69.0 cm³/mol. The second-order valence-corrected chi connectivity index (χ2v) is 9.14. The van der Waals surface area contributed by atoms with E-state index in [1.54, 1.807) is 0 Å². The predicted octanol–water partition coefficient (Wildman–Crippen LogP) is 2.80. The van der Waals surface area contributed by atoms with Gasteiger partial charge in [-0.3, -0.25) is 4.79 Å². The summed E-state index contributed by atoms with van der Waals surface area (Å²) in [7, 11) is -2.16. The Balaban J connectivity index is 3.06. The zero-order valence-corrected chi connectivity index (χ0v) is 11.4. The second kappa shape index (κ2) is 4.93. The van der Waals surface area contributed by atoms with Crippen LogP contribution >= 0.6 is 0 Å². The maximum absolute atomic E-state index is 12.0. The van der Waals surface area contributed by atoms with Crippen LogP contribution in [0.15, 0.2) is 24.3 Å². The molecule has 0 saturated heterocycles. The van der Waals surface area contributed by atoms with Crippen LogP contribution in [0.5, 0.6) is 0 Å². The first-order valence-corrected chi connectivity index (χ1v) is 8.81. The molecule has 0 amide bonds. The minimum atomic E-state index is -2.16. The first kappa shape index (κ1) is 13.1. The number of benzene rings is 1. The van der Waals surface area contributed by atoms with Gasteiger partial charge in [-0.1, -0.05) is 38.1 Å². The lowest BCUT2D eigenvalue weighted by molar-refractivity contribution is 0.0938. The summed E-state index contributed by atoms with van der Waals surface area (Å²) in [6.45, 7) is 7.59. The van der Waals surface area contributed by atoms with E-state index in [1.807, 2.05) is 51.2 Å². The molecule has 1 N–H and O–H groups in total. The highest BCUT2D eigenvalue weighted by atomic mass is 28.4. The number of hydrogen-bond acceptors (Lipinski definition) is 2. The molecule has 0 saturated carbocycles. The first-order valence-electron chi connectivity index (χ1n) is 5.66. The Labute approximate surface area is 98.4 Å². The zero-order chi connectivity index (χ0) is 12.3. The highest BCUT2D eigenvalue weighted by Gasteiger charge is 2.22. The van der Waals surface area contributed by atoms with Gasteiger partial charge < -0.3 is 4.80 Å². The maximum Gasteiger partial charge on any atom is 0.186 e. The highest BCUT2D eigenvalue weighted by molar-refractivity contribution is 6.69. The Morgan fingerprint density at radius 3 is 2.38 bits per heavy atom. The summed E-state index contributed by atoms with van der Waals surface area (Å²) in [6, 6.07) is 8.25. The Morgan fingerprint density at radius 2 is 1.88 bits per heavy atom. The molecule has 0 heterocycles. The van der Waals surface area contributed by atoms with E-state index in [-0.39, 0.29) is 11.7 Å². The SMILES string of the molecule is CC(C)C(=O)c1ccccc1C[Si](C)(C)O. The van der Waals surface area contributed by atoms with Crippen molar-refractivity contribution in [3.05, 3.63) is 35.4 Å². The molecule has 1 aromatic rings. The van der Waals surface area contributed by atoms with E-state index >= 15 is 0 Å². The Bertz CT molecular complexity index is 378. The molecule has 0 radical (unpaired) electrons. The summed E-state index contributed by atoms with van der Waals surface area (Å²) in [5, 5.41) is 0. The van der Waals surface area contributed by atoms with E-state index in [2.05, 4.69) is 0 Å². The Morgan fingerprint density at radius 1 is 1.31 bits per heavy atom. The zero-order valence-electron chi connectivity index (χ0n) is 10.4. The molecular weight excluding hydrogens is 216 g/mol. The van der Waals surface area contributed by atoms with E-state index in [1.165, 1.54) is 0 Å². The molecule has 3 heteroatoms. The number of hydrogen-bond donors (Lipinski definition) is 1. The van der Waals surface area contributed by atoms with Gasteiger partial charge in [0.2, 0.25) is 0 Å². The van der Waals surface area contributed by atoms with Gasteiger partial charge in [0.25, 0.3) is 0 Å². The molecule has 0 spiro atoms. The largest absolute Gasteiger partial charge is 0.432 e. The van der Waals surface area contributed by atoms with Gasteiger partial charge in [-0.2, -0.15) is 0 Å². The van der Waals surface area contributed by atoms with Crippen molar-refractivity contribution < 1.29 is 9.59 Å². The Hall–Kier alpha value is -0.933. The molecular formula is C13H20O2Si. The number of Topliss-reactive ketones (excluding diaryl/α,β-unsaturated/α-hetero) is 1. The highest BCUT2D eigenvalue weighted by Crippen LogP contribution is 2.17. The van der Waals surface area contributed by atoms with Crippen LogP contribution in [0.3, 0.4) is 0 Å². The summed E-state index contributed by atoms with van der Waals surface area (Å²) in [4.78, 5) is 21.9. The maximum atomic E-state index is 12.0. The van der Waals surface area contributed by atoms with E-state index in [0.717, 1.165) is 11.1 Å². The smallest absolute Gasteiger partial charge is 0.186 e. The number of ketones is 1. The average molecular weight is 236 g/mol. The molecule has 0 aliphatic heterocycles. The van der Waals surface area contributed by atoms with Crippen LogP contribution in [-0.2, 0) is 6.04 Å². The molecule has 0 atom stereocenters. The average Bonchev–Trinajstić information content (AvgIpc) is 2.15. The minimum absolute atomic E-state index is 0.00428. The first-order chi connectivity index (χ1) is 7.31. The van der Waals surface area contributed by atoms with Gasteiger partial charge in [-0.15, -0.1) is 0 Å². The lowest BCUT2D eigenvalue weighted by Crippen LogP contribution is -2.30. The summed E-state index contributed by atoms with van der Waals surface area (Å²) < 4.78 is 0. The molecule has 16 heavy (non-hydrogen) atoms. The quantitative estimate of drug-likeness (QED) is 0.645. The van der Waals surface area contributed by atoms with Crippen LogP contribution in [0.2, 0.25) is 13.1 Å². The van der Waals surface area contributed by atoms with Crippen molar-refractivity contribution in [1.29, 1.82) is 0 Å². The van der Waals surface area contributed by atoms with E-state index in [9.17, 15) is 9.59 Å². The Kier molecular flexibility index (Phi) is 4.05. The van der Waals surface area contributed by atoms with Gasteiger partial charge >= 0.3 is 0 Å². The van der Waals surface area contributed by atoms with Gasteiger partial charge in [0.1, 0.15) is 0 Å². The van der Waals surface area contributed by atoms with Crippen LogP contribution in [0.1, 0.15) is 29.8 Å². The molecule has 0 aromatic heterocycles. The lowest BCUT2D eigenvalue weighted by atomic mass is 9.97. The van der Waals surface area contributed by atoms with Crippen molar-refractivity contribution in [2.45, 2.75) is 33.0 Å². The number of carbonyl (C=O) groups is 1. The molecule has 1 aromatic carbocycles. The molecule has 88 valence electrons. The van der Waals surface area contributed by atoms with Gasteiger partial charge in [0.05, 0.1) is 0 Å². The van der Waals surface area contributed by atoms with Crippen molar-refractivity contribution in [2.75, 3.05) is 0 Å². The fourth-order valence-electron chi connectivity index (χ4n) is 1.69. The standard InChI is InChI=1S/C13H20O2Si/c1-10(2)13(14)12-8-6-5-7-11(12)9-16(3,4)15/h5-8,10,15H,9H2,1-4H3. The molecule has 0 aliphatic carbocycles. The lowest BCUT2D eigenvalue weighted by Gasteiger charge is -2.17. The van der Waals surface area contributed by atoms with Crippen molar-refractivity contribution in [1.82, 2.24) is 0 Å².